The first-order chi connectivity index (χ1) is 8.50. The number of rotatable bonds is 6. The topological polar surface area (TPSA) is 63.6 Å². The normalized spacial score (nSPS) is 12.2. The standard InChI is InChI=1S/C14H18O4/c1-10(2)8-12(13(15)16)14(17)18-9-11-6-4-3-5-7-11/h3-7,10,12H,8-9H2,1-2H3,(H,15,16). The minimum absolute atomic E-state index is 0.113. The monoisotopic (exact) mass is 250 g/mol. The Kier molecular flexibility index (Phi) is 5.36. The molecule has 0 spiro atoms. The SMILES string of the molecule is CC(C)CC(C(=O)O)C(=O)OCc1ccccc1. The first-order valence-corrected chi connectivity index (χ1v) is 5.94. The molecule has 0 aliphatic rings. The molecule has 0 radical (unpaired) electrons. The molecular formula is C14H18O4. The lowest BCUT2D eigenvalue weighted by atomic mass is 9.97. The molecule has 1 rings (SSSR count). The third-order valence-electron chi connectivity index (χ3n) is 2.51. The smallest absolute Gasteiger partial charge is 0.320 e. The Morgan fingerprint density at radius 3 is 2.33 bits per heavy atom. The number of aliphatic carboxylic acids is 1. The Bertz CT molecular complexity index is 398. The van der Waals surface area contributed by atoms with E-state index >= 15 is 0 Å². The Hall–Kier alpha value is -1.84. The summed E-state index contributed by atoms with van der Waals surface area (Å²) in [5.41, 5.74) is 0.847. The van der Waals surface area contributed by atoms with E-state index in [1.165, 1.54) is 0 Å². The number of hydrogen-bond donors (Lipinski definition) is 1. The van der Waals surface area contributed by atoms with Gasteiger partial charge in [0, 0.05) is 0 Å². The Morgan fingerprint density at radius 1 is 1.22 bits per heavy atom. The summed E-state index contributed by atoms with van der Waals surface area (Å²) in [7, 11) is 0. The van der Waals surface area contributed by atoms with Gasteiger partial charge in [-0.1, -0.05) is 44.2 Å². The summed E-state index contributed by atoms with van der Waals surface area (Å²) >= 11 is 0. The zero-order chi connectivity index (χ0) is 13.5. The van der Waals surface area contributed by atoms with Crippen LogP contribution in [-0.2, 0) is 20.9 Å². The van der Waals surface area contributed by atoms with Crippen molar-refractivity contribution in [3.8, 4) is 0 Å². The summed E-state index contributed by atoms with van der Waals surface area (Å²) < 4.78 is 5.03. The molecule has 0 fully saturated rings. The van der Waals surface area contributed by atoms with Gasteiger partial charge in [0.25, 0.3) is 0 Å². The maximum Gasteiger partial charge on any atom is 0.320 e. The molecule has 98 valence electrons. The highest BCUT2D eigenvalue weighted by Crippen LogP contribution is 2.14. The van der Waals surface area contributed by atoms with Crippen molar-refractivity contribution in [2.75, 3.05) is 0 Å². The van der Waals surface area contributed by atoms with E-state index in [0.717, 1.165) is 5.56 Å². The number of carbonyl (C=O) groups is 2. The molecule has 0 saturated heterocycles. The Balaban J connectivity index is 2.54. The van der Waals surface area contributed by atoms with Gasteiger partial charge >= 0.3 is 11.9 Å². The lowest BCUT2D eigenvalue weighted by molar-refractivity contribution is -0.160. The van der Waals surface area contributed by atoms with Crippen LogP contribution in [0.15, 0.2) is 30.3 Å². The molecule has 0 heterocycles. The summed E-state index contributed by atoms with van der Waals surface area (Å²) in [6.45, 7) is 3.86. The molecule has 18 heavy (non-hydrogen) atoms. The second-order valence-electron chi connectivity index (χ2n) is 4.61. The predicted octanol–water partition coefficient (Wildman–Crippen LogP) is 2.48. The van der Waals surface area contributed by atoms with E-state index in [4.69, 9.17) is 9.84 Å². The molecular weight excluding hydrogens is 232 g/mol. The fourth-order valence-electron chi connectivity index (χ4n) is 1.60. The largest absolute Gasteiger partial charge is 0.481 e. The molecule has 0 saturated carbocycles. The summed E-state index contributed by atoms with van der Waals surface area (Å²) in [6, 6.07) is 9.19. The van der Waals surface area contributed by atoms with E-state index in [-0.39, 0.29) is 12.5 Å². The van der Waals surface area contributed by atoms with Gasteiger partial charge in [0.1, 0.15) is 6.61 Å². The minimum Gasteiger partial charge on any atom is -0.481 e. The van der Waals surface area contributed by atoms with Crippen LogP contribution in [0.2, 0.25) is 0 Å². The van der Waals surface area contributed by atoms with Crippen molar-refractivity contribution in [1.29, 1.82) is 0 Å². The molecule has 4 nitrogen and oxygen atoms in total. The van der Waals surface area contributed by atoms with Gasteiger partial charge in [0.15, 0.2) is 5.92 Å². The molecule has 0 aliphatic heterocycles. The highest BCUT2D eigenvalue weighted by atomic mass is 16.5. The number of carboxylic acids is 1. The molecule has 1 N–H and O–H groups in total. The van der Waals surface area contributed by atoms with Gasteiger partial charge in [-0.05, 0) is 17.9 Å². The van der Waals surface area contributed by atoms with E-state index in [0.29, 0.717) is 6.42 Å². The quantitative estimate of drug-likeness (QED) is 0.622. The van der Waals surface area contributed by atoms with Crippen LogP contribution in [0.25, 0.3) is 0 Å². The van der Waals surface area contributed by atoms with Crippen molar-refractivity contribution in [1.82, 2.24) is 0 Å². The van der Waals surface area contributed by atoms with Gasteiger partial charge in [-0.15, -0.1) is 0 Å². The fraction of sp³-hybridized carbons (Fsp3) is 0.429. The summed E-state index contributed by atoms with van der Waals surface area (Å²) in [5.74, 6) is -2.73. The van der Waals surface area contributed by atoms with Crippen molar-refractivity contribution in [3.05, 3.63) is 35.9 Å². The first-order valence-electron chi connectivity index (χ1n) is 5.94. The molecule has 0 amide bonds. The lowest BCUT2D eigenvalue weighted by Gasteiger charge is -2.13. The highest BCUT2D eigenvalue weighted by Gasteiger charge is 2.28. The van der Waals surface area contributed by atoms with Crippen LogP contribution in [0, 0.1) is 11.8 Å². The number of ether oxygens (including phenoxy) is 1. The van der Waals surface area contributed by atoms with Crippen LogP contribution in [0.3, 0.4) is 0 Å². The predicted molar refractivity (Wildman–Crippen MR) is 66.8 cm³/mol. The maximum atomic E-state index is 11.7. The third-order valence-corrected chi connectivity index (χ3v) is 2.51. The molecule has 1 aromatic rings. The second-order valence-corrected chi connectivity index (χ2v) is 4.61. The van der Waals surface area contributed by atoms with Crippen LogP contribution in [0.1, 0.15) is 25.8 Å². The lowest BCUT2D eigenvalue weighted by Crippen LogP contribution is -2.27. The van der Waals surface area contributed by atoms with Gasteiger partial charge < -0.3 is 9.84 Å². The van der Waals surface area contributed by atoms with E-state index in [2.05, 4.69) is 0 Å². The van der Waals surface area contributed by atoms with Crippen molar-refractivity contribution in [2.24, 2.45) is 11.8 Å². The van der Waals surface area contributed by atoms with Crippen LogP contribution < -0.4 is 0 Å². The molecule has 1 unspecified atom stereocenters. The van der Waals surface area contributed by atoms with Gasteiger partial charge in [-0.3, -0.25) is 9.59 Å². The zero-order valence-corrected chi connectivity index (χ0v) is 10.6. The summed E-state index contributed by atoms with van der Waals surface area (Å²) in [4.78, 5) is 22.7. The summed E-state index contributed by atoms with van der Waals surface area (Å²) in [6.07, 6.45) is 0.295. The van der Waals surface area contributed by atoms with Crippen LogP contribution in [-0.4, -0.2) is 17.0 Å². The second kappa shape index (κ2) is 6.79. The van der Waals surface area contributed by atoms with E-state index in [1.54, 1.807) is 0 Å². The van der Waals surface area contributed by atoms with Crippen LogP contribution in [0.5, 0.6) is 0 Å². The van der Waals surface area contributed by atoms with Gasteiger partial charge in [0.2, 0.25) is 0 Å². The first kappa shape index (κ1) is 14.2. The van der Waals surface area contributed by atoms with E-state index in [1.807, 2.05) is 44.2 Å². The molecule has 0 aliphatic carbocycles. The average molecular weight is 250 g/mol. The minimum atomic E-state index is -1.12. The number of esters is 1. The number of benzene rings is 1. The Morgan fingerprint density at radius 2 is 1.83 bits per heavy atom. The molecule has 0 aromatic heterocycles. The van der Waals surface area contributed by atoms with Crippen molar-refractivity contribution in [2.45, 2.75) is 26.9 Å². The number of carbonyl (C=O) groups excluding carboxylic acids is 1. The molecule has 4 heteroatoms. The van der Waals surface area contributed by atoms with Crippen LogP contribution >= 0.6 is 0 Å². The van der Waals surface area contributed by atoms with E-state index in [9.17, 15) is 9.59 Å². The zero-order valence-electron chi connectivity index (χ0n) is 10.6. The highest BCUT2D eigenvalue weighted by molar-refractivity contribution is 5.93. The van der Waals surface area contributed by atoms with Gasteiger partial charge in [-0.2, -0.15) is 0 Å². The van der Waals surface area contributed by atoms with Crippen molar-refractivity contribution < 1.29 is 19.4 Å². The number of hydrogen-bond acceptors (Lipinski definition) is 3. The fourth-order valence-corrected chi connectivity index (χ4v) is 1.60. The van der Waals surface area contributed by atoms with Crippen molar-refractivity contribution >= 4 is 11.9 Å². The average Bonchev–Trinajstić information content (AvgIpc) is 2.34. The molecule has 1 aromatic carbocycles. The summed E-state index contributed by atoms with van der Waals surface area (Å²) in [5, 5.41) is 8.99. The molecule has 1 atom stereocenters. The Labute approximate surface area is 107 Å². The molecule has 0 bridgehead atoms. The van der Waals surface area contributed by atoms with Crippen molar-refractivity contribution in [3.63, 3.8) is 0 Å². The number of carboxylic acid groups (broad SMARTS) is 1. The van der Waals surface area contributed by atoms with E-state index < -0.39 is 17.9 Å². The van der Waals surface area contributed by atoms with Crippen LogP contribution in [0.4, 0.5) is 0 Å². The van der Waals surface area contributed by atoms with Gasteiger partial charge in [0.05, 0.1) is 0 Å². The maximum absolute atomic E-state index is 11.7. The van der Waals surface area contributed by atoms with Gasteiger partial charge in [-0.25, -0.2) is 0 Å². The third kappa shape index (κ3) is 4.57.